The zero-order valence-electron chi connectivity index (χ0n) is 8.44. The van der Waals surface area contributed by atoms with Gasteiger partial charge in [-0.1, -0.05) is 0 Å². The minimum absolute atomic E-state index is 0.134. The fourth-order valence-corrected chi connectivity index (χ4v) is 1.29. The Bertz CT molecular complexity index is 434. The van der Waals surface area contributed by atoms with Crippen LogP contribution in [0.2, 0.25) is 0 Å². The van der Waals surface area contributed by atoms with E-state index in [0.29, 0.717) is 12.1 Å². The van der Waals surface area contributed by atoms with Crippen LogP contribution >= 0.6 is 0 Å². The van der Waals surface area contributed by atoms with E-state index in [-0.39, 0.29) is 5.56 Å². The number of alkyl halides is 3. The lowest BCUT2D eigenvalue weighted by molar-refractivity contribution is -0.386. The van der Waals surface area contributed by atoms with Crippen molar-refractivity contribution in [3.05, 3.63) is 39.4 Å². The molecule has 0 aliphatic heterocycles. The fraction of sp³-hybridized carbons (Fsp3) is 0.333. The van der Waals surface area contributed by atoms with Crippen molar-refractivity contribution < 1.29 is 23.2 Å². The summed E-state index contributed by atoms with van der Waals surface area (Å²) in [6.45, 7) is -0.591. The number of aliphatic hydroxyl groups excluding tert-OH is 1. The number of halogens is 3. The van der Waals surface area contributed by atoms with E-state index in [2.05, 4.69) is 0 Å². The fourth-order valence-electron chi connectivity index (χ4n) is 1.29. The summed E-state index contributed by atoms with van der Waals surface area (Å²) in [5.74, 6) is 0. The van der Waals surface area contributed by atoms with Gasteiger partial charge in [0.2, 0.25) is 0 Å². The van der Waals surface area contributed by atoms with E-state index in [1.54, 1.807) is 0 Å². The molecule has 17 heavy (non-hydrogen) atoms. The van der Waals surface area contributed by atoms with Crippen LogP contribution in [0.25, 0.3) is 0 Å². The smallest absolute Gasteiger partial charge is 0.394 e. The maximum Gasteiger partial charge on any atom is 0.416 e. The third-order valence-corrected chi connectivity index (χ3v) is 2.15. The predicted octanol–water partition coefficient (Wildman–Crippen LogP) is 1.61. The molecule has 1 atom stereocenters. The number of hydrogen-bond acceptors (Lipinski definition) is 4. The Morgan fingerprint density at radius 3 is 2.47 bits per heavy atom. The largest absolute Gasteiger partial charge is 0.416 e. The van der Waals surface area contributed by atoms with E-state index in [1.807, 2.05) is 0 Å². The molecule has 0 bridgehead atoms. The molecule has 0 aromatic heterocycles. The minimum Gasteiger partial charge on any atom is -0.394 e. The third kappa shape index (κ3) is 2.92. The molecule has 0 aliphatic rings. The van der Waals surface area contributed by atoms with Crippen molar-refractivity contribution in [2.45, 2.75) is 12.2 Å². The maximum atomic E-state index is 12.3. The predicted molar refractivity (Wildman–Crippen MR) is 52.1 cm³/mol. The first-order valence-electron chi connectivity index (χ1n) is 4.49. The van der Waals surface area contributed by atoms with E-state index in [1.165, 1.54) is 0 Å². The SMILES string of the molecule is N[C@@H](CO)c1ccc(C(F)(F)F)cc1[N+](=O)[O-]. The van der Waals surface area contributed by atoms with Gasteiger partial charge in [-0.2, -0.15) is 13.2 Å². The van der Waals surface area contributed by atoms with Crippen molar-refractivity contribution in [2.24, 2.45) is 5.73 Å². The first kappa shape index (κ1) is 13.4. The van der Waals surface area contributed by atoms with Crippen molar-refractivity contribution in [1.29, 1.82) is 0 Å². The molecule has 94 valence electrons. The number of nitro groups is 1. The second-order valence-electron chi connectivity index (χ2n) is 3.32. The van der Waals surface area contributed by atoms with Gasteiger partial charge in [0.25, 0.3) is 5.69 Å². The zero-order valence-corrected chi connectivity index (χ0v) is 8.44. The van der Waals surface area contributed by atoms with Gasteiger partial charge in [0.05, 0.1) is 23.1 Å². The van der Waals surface area contributed by atoms with Crippen LogP contribution in [0.3, 0.4) is 0 Å². The third-order valence-electron chi connectivity index (χ3n) is 2.15. The number of rotatable bonds is 3. The first-order chi connectivity index (χ1) is 7.77. The molecule has 1 aromatic carbocycles. The molecule has 8 heteroatoms. The van der Waals surface area contributed by atoms with Gasteiger partial charge in [-0.25, -0.2) is 0 Å². The highest BCUT2D eigenvalue weighted by Gasteiger charge is 2.33. The van der Waals surface area contributed by atoms with Crippen LogP contribution in [0.5, 0.6) is 0 Å². The quantitative estimate of drug-likeness (QED) is 0.629. The van der Waals surface area contributed by atoms with Gasteiger partial charge in [-0.15, -0.1) is 0 Å². The van der Waals surface area contributed by atoms with Crippen LogP contribution in [-0.2, 0) is 6.18 Å². The van der Waals surface area contributed by atoms with Crippen molar-refractivity contribution in [2.75, 3.05) is 6.61 Å². The first-order valence-corrected chi connectivity index (χ1v) is 4.49. The molecule has 0 radical (unpaired) electrons. The number of benzene rings is 1. The average molecular weight is 250 g/mol. The second kappa shape index (κ2) is 4.68. The van der Waals surface area contributed by atoms with Gasteiger partial charge in [-0.3, -0.25) is 10.1 Å². The molecule has 1 aromatic rings. The Morgan fingerprint density at radius 2 is 2.06 bits per heavy atom. The summed E-state index contributed by atoms with van der Waals surface area (Å²) in [5, 5.41) is 19.4. The van der Waals surface area contributed by atoms with Gasteiger partial charge in [0.1, 0.15) is 0 Å². The number of nitro benzene ring substituents is 1. The van der Waals surface area contributed by atoms with Crippen LogP contribution in [0.1, 0.15) is 17.2 Å². The summed E-state index contributed by atoms with van der Waals surface area (Å²) < 4.78 is 37.0. The molecule has 1 rings (SSSR count). The summed E-state index contributed by atoms with van der Waals surface area (Å²) in [6, 6.07) is 0.919. The van der Waals surface area contributed by atoms with Gasteiger partial charge >= 0.3 is 6.18 Å². The molecular formula is C9H9F3N2O3. The van der Waals surface area contributed by atoms with E-state index in [4.69, 9.17) is 10.8 Å². The molecule has 0 saturated carbocycles. The molecular weight excluding hydrogens is 241 g/mol. The zero-order chi connectivity index (χ0) is 13.2. The van der Waals surface area contributed by atoms with Crippen LogP contribution in [0.15, 0.2) is 18.2 Å². The van der Waals surface area contributed by atoms with Gasteiger partial charge in [-0.05, 0) is 12.1 Å². The number of nitrogens with two attached hydrogens (primary N) is 1. The topological polar surface area (TPSA) is 89.4 Å². The van der Waals surface area contributed by atoms with Crippen LogP contribution in [-0.4, -0.2) is 16.6 Å². The number of aliphatic hydroxyl groups is 1. The molecule has 0 unspecified atom stereocenters. The Balaban J connectivity index is 3.32. The summed E-state index contributed by atoms with van der Waals surface area (Å²) in [5.41, 5.74) is 3.35. The van der Waals surface area contributed by atoms with Crippen LogP contribution < -0.4 is 5.73 Å². The standard InChI is InChI=1S/C9H9F3N2O3/c10-9(11,12)5-1-2-6(7(13)4-15)8(3-5)14(16)17/h1-3,7,15H,4,13H2/t7-/m0/s1. The monoisotopic (exact) mass is 250 g/mol. The lowest BCUT2D eigenvalue weighted by Gasteiger charge is -2.11. The van der Waals surface area contributed by atoms with Crippen molar-refractivity contribution in [1.82, 2.24) is 0 Å². The second-order valence-corrected chi connectivity index (χ2v) is 3.32. The van der Waals surface area contributed by atoms with E-state index in [0.717, 1.165) is 6.07 Å². The van der Waals surface area contributed by atoms with E-state index in [9.17, 15) is 23.3 Å². The average Bonchev–Trinajstić information content (AvgIpc) is 2.25. The summed E-state index contributed by atoms with van der Waals surface area (Å²) >= 11 is 0. The Hall–Kier alpha value is -1.67. The molecule has 5 nitrogen and oxygen atoms in total. The normalized spacial score (nSPS) is 13.5. The van der Waals surface area contributed by atoms with Crippen LogP contribution in [0.4, 0.5) is 18.9 Å². The molecule has 0 spiro atoms. The lowest BCUT2D eigenvalue weighted by atomic mass is 10.0. The highest BCUT2D eigenvalue weighted by Crippen LogP contribution is 2.34. The van der Waals surface area contributed by atoms with Crippen LogP contribution in [0, 0.1) is 10.1 Å². The number of nitrogens with zero attached hydrogens (tertiary/aromatic N) is 1. The van der Waals surface area contributed by atoms with Crippen molar-refractivity contribution in [3.8, 4) is 0 Å². The molecule has 0 fully saturated rings. The van der Waals surface area contributed by atoms with Gasteiger partial charge < -0.3 is 10.8 Å². The minimum atomic E-state index is -4.66. The van der Waals surface area contributed by atoms with E-state index >= 15 is 0 Å². The molecule has 0 aliphatic carbocycles. The maximum absolute atomic E-state index is 12.3. The summed E-state index contributed by atoms with van der Waals surface area (Å²) in [7, 11) is 0. The highest BCUT2D eigenvalue weighted by molar-refractivity contribution is 5.46. The molecule has 3 N–H and O–H groups in total. The molecule has 0 saturated heterocycles. The lowest BCUT2D eigenvalue weighted by Crippen LogP contribution is -2.17. The molecule has 0 amide bonds. The highest BCUT2D eigenvalue weighted by atomic mass is 19.4. The summed E-state index contributed by atoms with van der Waals surface area (Å²) in [4.78, 5) is 9.66. The number of hydrogen-bond donors (Lipinski definition) is 2. The van der Waals surface area contributed by atoms with Crippen molar-refractivity contribution >= 4 is 5.69 Å². The Morgan fingerprint density at radius 1 is 1.47 bits per heavy atom. The van der Waals surface area contributed by atoms with E-state index < -0.39 is 35.0 Å². The van der Waals surface area contributed by atoms with Gasteiger partial charge in [0, 0.05) is 11.6 Å². The Labute approximate surface area is 93.8 Å². The summed E-state index contributed by atoms with van der Waals surface area (Å²) in [6.07, 6.45) is -4.66. The van der Waals surface area contributed by atoms with Crippen molar-refractivity contribution in [3.63, 3.8) is 0 Å². The Kier molecular flexibility index (Phi) is 3.69. The molecule has 0 heterocycles. The van der Waals surface area contributed by atoms with Gasteiger partial charge in [0.15, 0.2) is 0 Å².